The molecule has 2 rings (SSSR count). The first-order chi connectivity index (χ1) is 13.4. The fraction of sp³-hybridized carbons (Fsp3) is 0.333. The van der Waals surface area contributed by atoms with Crippen LogP contribution in [0.4, 0.5) is 0 Å². The van der Waals surface area contributed by atoms with Crippen LogP contribution in [-0.4, -0.2) is 38.7 Å². The van der Waals surface area contributed by atoms with Crippen LogP contribution < -0.4 is 14.8 Å². The van der Waals surface area contributed by atoms with E-state index in [1.165, 1.54) is 7.11 Å². The number of hydrogen-bond acceptors (Lipinski definition) is 5. The second-order valence-electron chi connectivity index (χ2n) is 6.26. The molecule has 0 aliphatic rings. The minimum absolute atomic E-state index is 0.0349. The van der Waals surface area contributed by atoms with Gasteiger partial charge < -0.3 is 19.5 Å². The number of nitrogens with one attached hydrogen (secondary N) is 1. The van der Waals surface area contributed by atoms with Gasteiger partial charge in [0.1, 0.15) is 18.1 Å². The van der Waals surface area contributed by atoms with Crippen LogP contribution in [0.15, 0.2) is 36.4 Å². The number of benzene rings is 2. The minimum Gasteiger partial charge on any atom is -0.496 e. The molecule has 0 saturated carbocycles. The van der Waals surface area contributed by atoms with Gasteiger partial charge >= 0.3 is 5.97 Å². The number of carbonyl (C=O) groups is 2. The van der Waals surface area contributed by atoms with Crippen LogP contribution >= 0.6 is 11.6 Å². The van der Waals surface area contributed by atoms with Crippen molar-refractivity contribution in [2.45, 2.75) is 20.3 Å². The molecule has 0 atom stereocenters. The summed E-state index contributed by atoms with van der Waals surface area (Å²) in [6.45, 7) is 4.26. The van der Waals surface area contributed by atoms with Gasteiger partial charge in [-0.25, -0.2) is 0 Å². The van der Waals surface area contributed by atoms with Gasteiger partial charge in [0, 0.05) is 10.6 Å². The molecule has 0 bridgehead atoms. The van der Waals surface area contributed by atoms with E-state index in [-0.39, 0.29) is 13.0 Å². The molecule has 0 radical (unpaired) electrons. The third-order valence-electron chi connectivity index (χ3n) is 3.95. The monoisotopic (exact) mass is 405 g/mol. The van der Waals surface area contributed by atoms with Gasteiger partial charge in [0.25, 0.3) is 5.91 Å². The molecule has 0 aliphatic heterocycles. The maximum Gasteiger partial charge on any atom is 0.310 e. The molecule has 0 unspecified atom stereocenters. The van der Waals surface area contributed by atoms with E-state index in [9.17, 15) is 9.59 Å². The Labute approximate surface area is 169 Å². The van der Waals surface area contributed by atoms with E-state index >= 15 is 0 Å². The molecule has 0 heterocycles. The quantitative estimate of drug-likeness (QED) is 0.512. The van der Waals surface area contributed by atoms with Crippen molar-refractivity contribution >= 4 is 23.5 Å². The van der Waals surface area contributed by atoms with Gasteiger partial charge in [0.05, 0.1) is 20.1 Å². The van der Waals surface area contributed by atoms with E-state index in [4.69, 9.17) is 25.8 Å². The van der Waals surface area contributed by atoms with E-state index < -0.39 is 11.9 Å². The molecule has 0 saturated heterocycles. The molecule has 0 aromatic heterocycles. The molecular weight excluding hydrogens is 382 g/mol. The summed E-state index contributed by atoms with van der Waals surface area (Å²) < 4.78 is 15.8. The number of ether oxygens (including phenoxy) is 3. The molecule has 6 nitrogen and oxygen atoms in total. The normalized spacial score (nSPS) is 10.3. The van der Waals surface area contributed by atoms with Crippen LogP contribution in [-0.2, 0) is 20.7 Å². The fourth-order valence-corrected chi connectivity index (χ4v) is 2.80. The predicted octanol–water partition coefficient (Wildman–Crippen LogP) is 3.25. The third-order valence-corrected chi connectivity index (χ3v) is 4.19. The molecule has 150 valence electrons. The van der Waals surface area contributed by atoms with Gasteiger partial charge in [-0.1, -0.05) is 29.3 Å². The summed E-state index contributed by atoms with van der Waals surface area (Å²) in [6.07, 6.45) is -0.0349. The number of esters is 1. The summed E-state index contributed by atoms with van der Waals surface area (Å²) in [5.41, 5.74) is 2.80. The molecule has 0 fully saturated rings. The van der Waals surface area contributed by atoms with Crippen molar-refractivity contribution in [2.24, 2.45) is 0 Å². The zero-order valence-electron chi connectivity index (χ0n) is 16.2. The first kappa shape index (κ1) is 21.6. The lowest BCUT2D eigenvalue weighted by atomic mass is 10.1. The fourth-order valence-electron chi connectivity index (χ4n) is 2.60. The standard InChI is InChI=1S/C21H24ClNO5/c1-14-4-6-18(15(2)10-14)27-9-8-23-20(24)13-28-21(25)12-16-11-17(22)5-7-19(16)26-3/h4-7,10-11H,8-9,12-13H2,1-3H3,(H,23,24). The SMILES string of the molecule is COc1ccc(Cl)cc1CC(=O)OCC(=O)NCCOc1ccc(C)cc1C. The van der Waals surface area contributed by atoms with Crippen LogP contribution in [0.25, 0.3) is 0 Å². The highest BCUT2D eigenvalue weighted by molar-refractivity contribution is 6.30. The molecule has 1 N–H and O–H groups in total. The zero-order valence-corrected chi connectivity index (χ0v) is 17.0. The maximum absolute atomic E-state index is 12.0. The molecule has 7 heteroatoms. The van der Waals surface area contributed by atoms with Gasteiger partial charge in [0.15, 0.2) is 6.61 Å². The lowest BCUT2D eigenvalue weighted by Gasteiger charge is -2.11. The third kappa shape index (κ3) is 6.78. The van der Waals surface area contributed by atoms with Crippen molar-refractivity contribution in [1.29, 1.82) is 0 Å². The zero-order chi connectivity index (χ0) is 20.5. The summed E-state index contributed by atoms with van der Waals surface area (Å²) in [5.74, 6) is 0.383. The summed E-state index contributed by atoms with van der Waals surface area (Å²) in [7, 11) is 1.51. The molecule has 0 spiro atoms. The molecular formula is C21H24ClNO5. The number of amides is 1. The highest BCUT2D eigenvalue weighted by Crippen LogP contribution is 2.23. The van der Waals surface area contributed by atoms with Crippen molar-refractivity contribution in [3.63, 3.8) is 0 Å². The number of carbonyl (C=O) groups excluding carboxylic acids is 2. The van der Waals surface area contributed by atoms with Crippen LogP contribution in [0.5, 0.6) is 11.5 Å². The Morgan fingerprint density at radius 2 is 1.82 bits per heavy atom. The highest BCUT2D eigenvalue weighted by Gasteiger charge is 2.12. The Morgan fingerprint density at radius 1 is 1.07 bits per heavy atom. The number of rotatable bonds is 9. The number of hydrogen-bond donors (Lipinski definition) is 1. The molecule has 2 aromatic carbocycles. The topological polar surface area (TPSA) is 73.9 Å². The second-order valence-corrected chi connectivity index (χ2v) is 6.70. The summed E-state index contributed by atoms with van der Waals surface area (Å²) in [6, 6.07) is 10.9. The molecule has 0 aliphatic carbocycles. The maximum atomic E-state index is 12.0. The Hall–Kier alpha value is -2.73. The molecule has 1 amide bonds. The van der Waals surface area contributed by atoms with Gasteiger partial charge in [-0.05, 0) is 43.7 Å². The number of halogens is 1. The van der Waals surface area contributed by atoms with Crippen molar-refractivity contribution in [1.82, 2.24) is 5.32 Å². The van der Waals surface area contributed by atoms with E-state index in [2.05, 4.69) is 5.32 Å². The Morgan fingerprint density at radius 3 is 2.54 bits per heavy atom. The summed E-state index contributed by atoms with van der Waals surface area (Å²) in [4.78, 5) is 23.8. The summed E-state index contributed by atoms with van der Waals surface area (Å²) >= 11 is 5.93. The van der Waals surface area contributed by atoms with Gasteiger partial charge in [-0.3, -0.25) is 9.59 Å². The number of aryl methyl sites for hydroxylation is 2. The Balaban J connectivity index is 1.69. The lowest BCUT2D eigenvalue weighted by molar-refractivity contribution is -0.147. The molecule has 2 aromatic rings. The second kappa shape index (κ2) is 10.6. The van der Waals surface area contributed by atoms with E-state index in [1.54, 1.807) is 18.2 Å². The van der Waals surface area contributed by atoms with Crippen LogP contribution in [0.3, 0.4) is 0 Å². The van der Waals surface area contributed by atoms with Crippen LogP contribution in [0.2, 0.25) is 5.02 Å². The van der Waals surface area contributed by atoms with Crippen molar-refractivity contribution < 1.29 is 23.8 Å². The van der Waals surface area contributed by atoms with E-state index in [0.717, 1.165) is 16.9 Å². The Bertz CT molecular complexity index is 838. The van der Waals surface area contributed by atoms with Crippen molar-refractivity contribution in [3.05, 3.63) is 58.1 Å². The average Bonchev–Trinajstić information content (AvgIpc) is 2.65. The molecule has 28 heavy (non-hydrogen) atoms. The van der Waals surface area contributed by atoms with Gasteiger partial charge in [-0.15, -0.1) is 0 Å². The Kier molecular flexibility index (Phi) is 8.14. The first-order valence-corrected chi connectivity index (χ1v) is 9.21. The minimum atomic E-state index is -0.540. The van der Waals surface area contributed by atoms with Crippen LogP contribution in [0.1, 0.15) is 16.7 Å². The van der Waals surface area contributed by atoms with E-state index in [1.807, 2.05) is 32.0 Å². The summed E-state index contributed by atoms with van der Waals surface area (Å²) in [5, 5.41) is 3.14. The smallest absolute Gasteiger partial charge is 0.310 e. The van der Waals surface area contributed by atoms with E-state index in [0.29, 0.717) is 29.5 Å². The van der Waals surface area contributed by atoms with Crippen LogP contribution in [0, 0.1) is 13.8 Å². The highest BCUT2D eigenvalue weighted by atomic mass is 35.5. The van der Waals surface area contributed by atoms with Gasteiger partial charge in [0.2, 0.25) is 0 Å². The average molecular weight is 406 g/mol. The first-order valence-electron chi connectivity index (χ1n) is 8.84. The number of methoxy groups -OCH3 is 1. The predicted molar refractivity (Wildman–Crippen MR) is 107 cm³/mol. The largest absolute Gasteiger partial charge is 0.496 e. The lowest BCUT2D eigenvalue weighted by Crippen LogP contribution is -2.32. The van der Waals surface area contributed by atoms with Crippen molar-refractivity contribution in [2.75, 3.05) is 26.9 Å². The van der Waals surface area contributed by atoms with Crippen molar-refractivity contribution in [3.8, 4) is 11.5 Å². The van der Waals surface area contributed by atoms with Gasteiger partial charge in [-0.2, -0.15) is 0 Å².